The van der Waals surface area contributed by atoms with Crippen LogP contribution in [0.1, 0.15) is 25.0 Å². The predicted octanol–water partition coefficient (Wildman–Crippen LogP) is 3.56. The lowest BCUT2D eigenvalue weighted by molar-refractivity contribution is 0.279. The van der Waals surface area contributed by atoms with E-state index in [-0.39, 0.29) is 5.54 Å². The number of benzene rings is 2. The Morgan fingerprint density at radius 2 is 1.76 bits per heavy atom. The molecular weight excluding hydrogens is 338 g/mol. The molecule has 0 fully saturated rings. The zero-order chi connectivity index (χ0) is 18.2. The normalized spacial score (nSPS) is 16.2. The molecule has 0 amide bonds. The van der Waals surface area contributed by atoms with Gasteiger partial charge in [-0.1, -0.05) is 24.3 Å². The van der Waals surface area contributed by atoms with Gasteiger partial charge in [-0.3, -0.25) is 0 Å². The minimum absolute atomic E-state index is 0.231. The largest absolute Gasteiger partial charge is 0.475 e. The molecule has 2 aromatic rings. The van der Waals surface area contributed by atoms with Gasteiger partial charge in [0, 0.05) is 5.56 Å². The standard InChI is InChI=1S/C19H21NO4S/c1-13-11-14(24-25(4,21)22)9-10-15(13)16-7-5-6-8-17(16)18-20-19(2,3)12-23-18/h5-11H,12H2,1-4H3. The molecule has 0 unspecified atom stereocenters. The van der Waals surface area contributed by atoms with Crippen LogP contribution in [0, 0.1) is 6.92 Å². The highest BCUT2D eigenvalue weighted by atomic mass is 32.2. The van der Waals surface area contributed by atoms with Gasteiger partial charge < -0.3 is 8.92 Å². The van der Waals surface area contributed by atoms with E-state index in [1.807, 2.05) is 51.1 Å². The van der Waals surface area contributed by atoms with Gasteiger partial charge in [-0.25, -0.2) is 4.99 Å². The second-order valence-electron chi connectivity index (χ2n) is 6.83. The molecule has 0 bridgehead atoms. The molecule has 2 aromatic carbocycles. The highest BCUT2D eigenvalue weighted by Gasteiger charge is 2.28. The van der Waals surface area contributed by atoms with Crippen molar-refractivity contribution in [3.63, 3.8) is 0 Å². The fourth-order valence-corrected chi connectivity index (χ4v) is 3.25. The monoisotopic (exact) mass is 359 g/mol. The number of aryl methyl sites for hydroxylation is 1. The third-order valence-electron chi connectivity index (χ3n) is 3.86. The van der Waals surface area contributed by atoms with Crippen molar-refractivity contribution in [1.29, 1.82) is 0 Å². The highest BCUT2D eigenvalue weighted by Crippen LogP contribution is 2.32. The summed E-state index contributed by atoms with van der Waals surface area (Å²) in [5.41, 5.74) is 3.57. The summed E-state index contributed by atoms with van der Waals surface area (Å²) in [6.45, 7) is 6.54. The fraction of sp³-hybridized carbons (Fsp3) is 0.316. The smallest absolute Gasteiger partial charge is 0.306 e. The van der Waals surface area contributed by atoms with E-state index in [2.05, 4.69) is 4.99 Å². The molecule has 5 nitrogen and oxygen atoms in total. The Balaban J connectivity index is 2.04. The van der Waals surface area contributed by atoms with E-state index in [1.54, 1.807) is 12.1 Å². The lowest BCUT2D eigenvalue weighted by Gasteiger charge is -2.13. The Kier molecular flexibility index (Phi) is 4.33. The maximum Gasteiger partial charge on any atom is 0.306 e. The summed E-state index contributed by atoms with van der Waals surface area (Å²) in [6.07, 6.45) is 1.03. The van der Waals surface area contributed by atoms with Gasteiger partial charge in [0.05, 0.1) is 11.8 Å². The molecule has 25 heavy (non-hydrogen) atoms. The molecule has 0 N–H and O–H groups in total. The van der Waals surface area contributed by atoms with Gasteiger partial charge in [-0.2, -0.15) is 8.42 Å². The van der Waals surface area contributed by atoms with Crippen molar-refractivity contribution in [2.75, 3.05) is 12.9 Å². The van der Waals surface area contributed by atoms with Crippen LogP contribution in [0.3, 0.4) is 0 Å². The van der Waals surface area contributed by atoms with Gasteiger partial charge >= 0.3 is 10.1 Å². The maximum absolute atomic E-state index is 11.3. The van der Waals surface area contributed by atoms with E-state index in [4.69, 9.17) is 8.92 Å². The minimum Gasteiger partial charge on any atom is -0.475 e. The van der Waals surface area contributed by atoms with Crippen LogP contribution in [0.25, 0.3) is 11.1 Å². The summed E-state index contributed by atoms with van der Waals surface area (Å²) in [4.78, 5) is 4.66. The van der Waals surface area contributed by atoms with Crippen LogP contribution in [0.4, 0.5) is 0 Å². The molecular formula is C19H21NO4S. The first-order chi connectivity index (χ1) is 11.6. The number of ether oxygens (including phenoxy) is 1. The average Bonchev–Trinajstić information content (AvgIpc) is 2.86. The Bertz CT molecular complexity index is 946. The Morgan fingerprint density at radius 1 is 1.08 bits per heavy atom. The van der Waals surface area contributed by atoms with Gasteiger partial charge in [-0.05, 0) is 55.7 Å². The molecule has 0 aliphatic carbocycles. The molecule has 132 valence electrons. The number of nitrogens with zero attached hydrogens (tertiary/aromatic N) is 1. The Labute approximate surface area is 148 Å². The molecule has 0 aromatic heterocycles. The molecule has 1 heterocycles. The molecule has 1 aliphatic rings. The van der Waals surface area contributed by atoms with E-state index in [1.165, 1.54) is 0 Å². The Morgan fingerprint density at radius 3 is 2.32 bits per heavy atom. The number of rotatable bonds is 4. The molecule has 1 aliphatic heterocycles. The van der Waals surface area contributed by atoms with Gasteiger partial charge in [0.2, 0.25) is 5.90 Å². The van der Waals surface area contributed by atoms with Crippen LogP contribution in [-0.2, 0) is 14.9 Å². The van der Waals surface area contributed by atoms with Crippen LogP contribution < -0.4 is 4.18 Å². The zero-order valence-corrected chi connectivity index (χ0v) is 15.6. The summed E-state index contributed by atoms with van der Waals surface area (Å²) in [6, 6.07) is 13.1. The summed E-state index contributed by atoms with van der Waals surface area (Å²) in [7, 11) is -3.54. The Hall–Kier alpha value is -2.34. The molecule has 0 spiro atoms. The second-order valence-corrected chi connectivity index (χ2v) is 8.40. The first kappa shape index (κ1) is 17.5. The molecule has 0 saturated carbocycles. The van der Waals surface area contributed by atoms with Gasteiger partial charge in [0.15, 0.2) is 0 Å². The van der Waals surface area contributed by atoms with E-state index in [0.29, 0.717) is 18.3 Å². The van der Waals surface area contributed by atoms with Gasteiger partial charge in [-0.15, -0.1) is 0 Å². The third kappa shape index (κ3) is 4.02. The molecule has 0 atom stereocenters. The first-order valence-corrected chi connectivity index (χ1v) is 9.79. The number of aliphatic imine (C=N–C) groups is 1. The molecule has 0 radical (unpaired) electrons. The second kappa shape index (κ2) is 6.19. The predicted molar refractivity (Wildman–Crippen MR) is 98.7 cm³/mol. The van der Waals surface area contributed by atoms with E-state index >= 15 is 0 Å². The summed E-state index contributed by atoms with van der Waals surface area (Å²) < 4.78 is 33.3. The topological polar surface area (TPSA) is 65.0 Å². The van der Waals surface area contributed by atoms with Crippen molar-refractivity contribution >= 4 is 16.0 Å². The first-order valence-electron chi connectivity index (χ1n) is 7.97. The van der Waals surface area contributed by atoms with Crippen LogP contribution in [-0.4, -0.2) is 32.7 Å². The highest BCUT2D eigenvalue weighted by molar-refractivity contribution is 7.86. The lowest BCUT2D eigenvalue weighted by Crippen LogP contribution is -2.17. The summed E-state index contributed by atoms with van der Waals surface area (Å²) in [5.74, 6) is 0.938. The van der Waals surface area contributed by atoms with Gasteiger partial charge in [0.1, 0.15) is 12.4 Å². The quantitative estimate of drug-likeness (QED) is 0.783. The van der Waals surface area contributed by atoms with Crippen LogP contribution >= 0.6 is 0 Å². The number of hydrogen-bond acceptors (Lipinski definition) is 5. The molecule has 6 heteroatoms. The zero-order valence-electron chi connectivity index (χ0n) is 14.7. The molecule has 0 saturated heterocycles. The van der Waals surface area contributed by atoms with Crippen LogP contribution in [0.2, 0.25) is 0 Å². The van der Waals surface area contributed by atoms with Crippen LogP contribution in [0.15, 0.2) is 47.5 Å². The van der Waals surface area contributed by atoms with Crippen molar-refractivity contribution in [2.45, 2.75) is 26.3 Å². The third-order valence-corrected chi connectivity index (χ3v) is 4.35. The van der Waals surface area contributed by atoms with Crippen LogP contribution in [0.5, 0.6) is 5.75 Å². The van der Waals surface area contributed by atoms with Crippen molar-refractivity contribution in [3.8, 4) is 16.9 Å². The molecule has 3 rings (SSSR count). The summed E-state index contributed by atoms with van der Waals surface area (Å²) in [5, 5.41) is 0. The van der Waals surface area contributed by atoms with E-state index in [9.17, 15) is 8.42 Å². The van der Waals surface area contributed by atoms with E-state index in [0.717, 1.165) is 28.5 Å². The average molecular weight is 359 g/mol. The van der Waals surface area contributed by atoms with Crippen molar-refractivity contribution in [1.82, 2.24) is 0 Å². The number of hydrogen-bond donors (Lipinski definition) is 0. The van der Waals surface area contributed by atoms with Crippen molar-refractivity contribution in [3.05, 3.63) is 53.6 Å². The summed E-state index contributed by atoms with van der Waals surface area (Å²) >= 11 is 0. The fourth-order valence-electron chi connectivity index (χ4n) is 2.79. The SMILES string of the molecule is Cc1cc(OS(C)(=O)=O)ccc1-c1ccccc1C1=NC(C)(C)CO1. The van der Waals surface area contributed by atoms with Crippen molar-refractivity contribution in [2.24, 2.45) is 4.99 Å². The van der Waals surface area contributed by atoms with E-state index < -0.39 is 10.1 Å². The maximum atomic E-state index is 11.3. The minimum atomic E-state index is -3.54. The van der Waals surface area contributed by atoms with Gasteiger partial charge in [0.25, 0.3) is 0 Å². The lowest BCUT2D eigenvalue weighted by atomic mass is 9.95. The van der Waals surface area contributed by atoms with Crippen molar-refractivity contribution < 1.29 is 17.3 Å².